The highest BCUT2D eigenvalue weighted by atomic mass is 16.7. The summed E-state index contributed by atoms with van der Waals surface area (Å²) in [5.41, 5.74) is 0. The molecule has 4 nitrogen and oxygen atoms in total. The normalized spacial score (nSPS) is 39.0. The quantitative estimate of drug-likeness (QED) is 0.787. The number of hydrogen-bond donors (Lipinski definition) is 2. The average molecular weight is 246 g/mol. The second kappa shape index (κ2) is 6.14. The lowest BCUT2D eigenvalue weighted by Gasteiger charge is -2.44. The predicted octanol–water partition coefficient (Wildman–Crippen LogP) is 1.40. The van der Waals surface area contributed by atoms with Crippen LogP contribution >= 0.6 is 0 Å². The first-order valence-corrected chi connectivity index (χ1v) is 6.42. The molecule has 102 valence electrons. The zero-order valence-electron chi connectivity index (χ0n) is 11.5. The summed E-state index contributed by atoms with van der Waals surface area (Å²) in [4.78, 5) is 0. The molecular formula is C13H26O4. The van der Waals surface area contributed by atoms with Crippen LogP contribution in [0.5, 0.6) is 0 Å². The van der Waals surface area contributed by atoms with E-state index in [-0.39, 0.29) is 17.9 Å². The molecule has 17 heavy (non-hydrogen) atoms. The van der Waals surface area contributed by atoms with E-state index in [4.69, 9.17) is 9.47 Å². The molecule has 5 atom stereocenters. The van der Waals surface area contributed by atoms with Crippen molar-refractivity contribution in [3.8, 4) is 0 Å². The fourth-order valence-electron chi connectivity index (χ4n) is 2.53. The van der Waals surface area contributed by atoms with Gasteiger partial charge in [0.1, 0.15) is 6.10 Å². The number of hydrogen-bond acceptors (Lipinski definition) is 4. The zero-order chi connectivity index (χ0) is 13.2. The van der Waals surface area contributed by atoms with Crippen molar-refractivity contribution < 1.29 is 19.7 Å². The standard InChI is InChI=1S/C13H26O4/c1-7(2)6-9-11(14)12(15)10(8(3)4)13(16-5)17-9/h7-15H,6H2,1-5H3. The van der Waals surface area contributed by atoms with Crippen LogP contribution in [0.15, 0.2) is 0 Å². The highest BCUT2D eigenvalue weighted by Crippen LogP contribution is 2.33. The minimum Gasteiger partial charge on any atom is -0.390 e. The summed E-state index contributed by atoms with van der Waals surface area (Å²) in [6.07, 6.45) is -1.65. The van der Waals surface area contributed by atoms with E-state index >= 15 is 0 Å². The SMILES string of the molecule is COC1OC(CC(C)C)C(O)C(O)C1C(C)C. The Morgan fingerprint density at radius 1 is 1.12 bits per heavy atom. The molecule has 0 saturated carbocycles. The van der Waals surface area contributed by atoms with Crippen molar-refractivity contribution in [1.29, 1.82) is 0 Å². The van der Waals surface area contributed by atoms with Crippen LogP contribution in [0.3, 0.4) is 0 Å². The van der Waals surface area contributed by atoms with Crippen molar-refractivity contribution in [3.05, 3.63) is 0 Å². The molecule has 1 saturated heterocycles. The molecule has 1 rings (SSSR count). The van der Waals surface area contributed by atoms with Crippen LogP contribution in [0, 0.1) is 17.8 Å². The predicted molar refractivity (Wildman–Crippen MR) is 65.5 cm³/mol. The smallest absolute Gasteiger partial charge is 0.163 e. The lowest BCUT2D eigenvalue weighted by Crippen LogP contribution is -2.56. The van der Waals surface area contributed by atoms with Crippen molar-refractivity contribution in [3.63, 3.8) is 0 Å². The molecule has 1 fully saturated rings. The first kappa shape index (κ1) is 14.9. The van der Waals surface area contributed by atoms with Crippen molar-refractivity contribution in [2.75, 3.05) is 7.11 Å². The van der Waals surface area contributed by atoms with Gasteiger partial charge in [0.05, 0.1) is 12.2 Å². The topological polar surface area (TPSA) is 58.9 Å². The van der Waals surface area contributed by atoms with E-state index in [1.807, 2.05) is 13.8 Å². The minimum atomic E-state index is -0.823. The molecule has 0 aromatic carbocycles. The molecule has 0 spiro atoms. The Labute approximate surface area is 104 Å². The van der Waals surface area contributed by atoms with E-state index in [2.05, 4.69) is 13.8 Å². The summed E-state index contributed by atoms with van der Waals surface area (Å²) in [5.74, 6) is 0.429. The molecule has 0 radical (unpaired) electrons. The molecule has 0 aromatic heterocycles. The van der Waals surface area contributed by atoms with Gasteiger partial charge in [-0.25, -0.2) is 0 Å². The van der Waals surface area contributed by atoms with Crippen molar-refractivity contribution >= 4 is 0 Å². The number of methoxy groups -OCH3 is 1. The van der Waals surface area contributed by atoms with E-state index in [9.17, 15) is 10.2 Å². The number of ether oxygens (including phenoxy) is 2. The Balaban J connectivity index is 2.78. The zero-order valence-corrected chi connectivity index (χ0v) is 11.5. The first-order chi connectivity index (χ1) is 7.88. The van der Waals surface area contributed by atoms with Gasteiger partial charge >= 0.3 is 0 Å². The third kappa shape index (κ3) is 3.41. The van der Waals surface area contributed by atoms with Crippen LogP contribution in [0.25, 0.3) is 0 Å². The third-order valence-electron chi connectivity index (χ3n) is 3.45. The van der Waals surface area contributed by atoms with E-state index in [1.165, 1.54) is 0 Å². The Hall–Kier alpha value is -0.160. The molecule has 0 bridgehead atoms. The monoisotopic (exact) mass is 246 g/mol. The van der Waals surface area contributed by atoms with E-state index < -0.39 is 18.5 Å². The van der Waals surface area contributed by atoms with Crippen LogP contribution in [0.1, 0.15) is 34.1 Å². The van der Waals surface area contributed by atoms with Crippen molar-refractivity contribution in [2.45, 2.75) is 58.7 Å². The van der Waals surface area contributed by atoms with Gasteiger partial charge in [0.25, 0.3) is 0 Å². The number of aliphatic hydroxyl groups excluding tert-OH is 2. The highest BCUT2D eigenvalue weighted by molar-refractivity contribution is 4.90. The Morgan fingerprint density at radius 2 is 1.71 bits per heavy atom. The average Bonchev–Trinajstić information content (AvgIpc) is 2.23. The third-order valence-corrected chi connectivity index (χ3v) is 3.45. The van der Waals surface area contributed by atoms with Crippen LogP contribution in [-0.4, -0.2) is 41.9 Å². The summed E-state index contributed by atoms with van der Waals surface area (Å²) in [6, 6.07) is 0. The van der Waals surface area contributed by atoms with Crippen LogP contribution in [0.2, 0.25) is 0 Å². The van der Waals surface area contributed by atoms with E-state index in [0.29, 0.717) is 5.92 Å². The molecule has 5 unspecified atom stereocenters. The first-order valence-electron chi connectivity index (χ1n) is 6.42. The maximum atomic E-state index is 10.2. The molecular weight excluding hydrogens is 220 g/mol. The molecule has 1 aliphatic rings. The van der Waals surface area contributed by atoms with Crippen LogP contribution in [0.4, 0.5) is 0 Å². The Kier molecular flexibility index (Phi) is 5.38. The summed E-state index contributed by atoms with van der Waals surface area (Å²) in [7, 11) is 1.58. The van der Waals surface area contributed by atoms with Crippen LogP contribution < -0.4 is 0 Å². The van der Waals surface area contributed by atoms with Gasteiger partial charge in [0.15, 0.2) is 6.29 Å². The minimum absolute atomic E-state index is 0.182. The second-order valence-electron chi connectivity index (χ2n) is 5.71. The lowest BCUT2D eigenvalue weighted by molar-refractivity contribution is -0.282. The lowest BCUT2D eigenvalue weighted by atomic mass is 9.81. The molecule has 0 aromatic rings. The summed E-state index contributed by atoms with van der Waals surface area (Å²) in [5, 5.41) is 20.3. The van der Waals surface area contributed by atoms with Crippen molar-refractivity contribution in [1.82, 2.24) is 0 Å². The maximum absolute atomic E-state index is 10.2. The molecule has 2 N–H and O–H groups in total. The van der Waals surface area contributed by atoms with Gasteiger partial charge in [-0.2, -0.15) is 0 Å². The van der Waals surface area contributed by atoms with E-state index in [1.54, 1.807) is 7.11 Å². The summed E-state index contributed by atoms with van der Waals surface area (Å²) < 4.78 is 11.1. The Bertz CT molecular complexity index is 225. The molecule has 4 heteroatoms. The molecule has 1 heterocycles. The second-order valence-corrected chi connectivity index (χ2v) is 5.71. The summed E-state index contributed by atoms with van der Waals surface area (Å²) in [6.45, 7) is 8.13. The van der Waals surface area contributed by atoms with Gasteiger partial charge in [-0.15, -0.1) is 0 Å². The van der Waals surface area contributed by atoms with Crippen molar-refractivity contribution in [2.24, 2.45) is 17.8 Å². The highest BCUT2D eigenvalue weighted by Gasteiger charge is 2.45. The molecule has 0 amide bonds. The number of aliphatic hydroxyl groups is 2. The van der Waals surface area contributed by atoms with Gasteiger partial charge in [-0.05, 0) is 18.3 Å². The van der Waals surface area contributed by atoms with Gasteiger partial charge in [0, 0.05) is 13.0 Å². The summed E-state index contributed by atoms with van der Waals surface area (Å²) >= 11 is 0. The van der Waals surface area contributed by atoms with Gasteiger partial charge in [0.2, 0.25) is 0 Å². The largest absolute Gasteiger partial charge is 0.390 e. The fourth-order valence-corrected chi connectivity index (χ4v) is 2.53. The molecule has 0 aliphatic carbocycles. The van der Waals surface area contributed by atoms with Gasteiger partial charge < -0.3 is 19.7 Å². The molecule has 1 aliphatic heterocycles. The van der Waals surface area contributed by atoms with Gasteiger partial charge in [-0.1, -0.05) is 27.7 Å². The fraction of sp³-hybridized carbons (Fsp3) is 1.00. The Morgan fingerprint density at radius 3 is 2.12 bits per heavy atom. The van der Waals surface area contributed by atoms with E-state index in [0.717, 1.165) is 6.42 Å². The maximum Gasteiger partial charge on any atom is 0.163 e. The number of rotatable bonds is 4. The van der Waals surface area contributed by atoms with Crippen LogP contribution in [-0.2, 0) is 9.47 Å². The van der Waals surface area contributed by atoms with Gasteiger partial charge in [-0.3, -0.25) is 0 Å².